The lowest BCUT2D eigenvalue weighted by molar-refractivity contribution is -0.131. The number of aliphatic carboxylic acids is 1. The number of phenols is 2. The van der Waals surface area contributed by atoms with Crippen LogP contribution in [0.2, 0.25) is 0 Å². The zero-order chi connectivity index (χ0) is 10.9. The fourth-order valence-corrected chi connectivity index (χ4v) is 0.988. The first-order valence-electron chi connectivity index (χ1n) is 3.74. The van der Waals surface area contributed by atoms with E-state index in [4.69, 9.17) is 10.2 Å². The summed E-state index contributed by atoms with van der Waals surface area (Å²) in [6.45, 7) is 1.38. The van der Waals surface area contributed by atoms with Gasteiger partial charge in [0.2, 0.25) is 0 Å². The molecule has 0 aliphatic heterocycles. The zero-order valence-electron chi connectivity index (χ0n) is 7.31. The third-order valence-electron chi connectivity index (χ3n) is 1.84. The van der Waals surface area contributed by atoms with Crippen LogP contribution in [-0.4, -0.2) is 27.1 Å². The number of ketones is 1. The standard InChI is InChI=1S/C9H8O5/c1-4-6(10)3-2-5(7(4)11)8(12)9(13)14/h2-3,10-11H,1H3,(H,13,14). The summed E-state index contributed by atoms with van der Waals surface area (Å²) in [6, 6.07) is 2.22. The van der Waals surface area contributed by atoms with Crippen molar-refractivity contribution in [2.75, 3.05) is 0 Å². The van der Waals surface area contributed by atoms with E-state index in [1.165, 1.54) is 6.92 Å². The van der Waals surface area contributed by atoms with Crippen molar-refractivity contribution in [3.63, 3.8) is 0 Å². The molecule has 0 spiro atoms. The summed E-state index contributed by atoms with van der Waals surface area (Å²) in [5.74, 6) is -3.54. The maximum atomic E-state index is 11.0. The highest BCUT2D eigenvalue weighted by molar-refractivity contribution is 6.40. The van der Waals surface area contributed by atoms with Gasteiger partial charge >= 0.3 is 5.97 Å². The third-order valence-corrected chi connectivity index (χ3v) is 1.84. The third kappa shape index (κ3) is 1.52. The molecule has 0 saturated carbocycles. The van der Waals surface area contributed by atoms with Crippen molar-refractivity contribution in [3.8, 4) is 11.5 Å². The average Bonchev–Trinajstić information content (AvgIpc) is 2.13. The maximum Gasteiger partial charge on any atom is 0.377 e. The van der Waals surface area contributed by atoms with Gasteiger partial charge in [-0.1, -0.05) is 0 Å². The highest BCUT2D eigenvalue weighted by Crippen LogP contribution is 2.29. The predicted molar refractivity (Wildman–Crippen MR) is 46.5 cm³/mol. The maximum absolute atomic E-state index is 11.0. The molecule has 0 heterocycles. The smallest absolute Gasteiger partial charge is 0.377 e. The lowest BCUT2D eigenvalue weighted by atomic mass is 10.1. The lowest BCUT2D eigenvalue weighted by Gasteiger charge is -2.05. The first-order valence-corrected chi connectivity index (χ1v) is 3.74. The molecule has 3 N–H and O–H groups in total. The van der Waals surface area contributed by atoms with Crippen molar-refractivity contribution >= 4 is 11.8 Å². The average molecular weight is 196 g/mol. The number of carboxylic acid groups (broad SMARTS) is 1. The van der Waals surface area contributed by atoms with Gasteiger partial charge in [-0.25, -0.2) is 4.79 Å². The number of carboxylic acids is 1. The van der Waals surface area contributed by atoms with Crippen molar-refractivity contribution in [3.05, 3.63) is 23.3 Å². The second-order valence-corrected chi connectivity index (χ2v) is 2.74. The highest BCUT2D eigenvalue weighted by atomic mass is 16.4. The summed E-state index contributed by atoms with van der Waals surface area (Å²) in [5.41, 5.74) is -0.245. The second kappa shape index (κ2) is 3.37. The van der Waals surface area contributed by atoms with Crippen LogP contribution in [0, 0.1) is 6.92 Å². The summed E-state index contributed by atoms with van der Waals surface area (Å²) in [4.78, 5) is 21.3. The molecule has 14 heavy (non-hydrogen) atoms. The molecule has 0 aromatic heterocycles. The number of hydrogen-bond acceptors (Lipinski definition) is 4. The first-order chi connectivity index (χ1) is 6.45. The normalized spacial score (nSPS) is 9.79. The minimum absolute atomic E-state index is 0.0806. The lowest BCUT2D eigenvalue weighted by Crippen LogP contribution is -2.13. The predicted octanol–water partition coefficient (Wildman–Crippen LogP) is 0.674. The van der Waals surface area contributed by atoms with Gasteiger partial charge in [-0.3, -0.25) is 4.79 Å². The number of carbonyl (C=O) groups is 2. The molecule has 0 aliphatic rings. The van der Waals surface area contributed by atoms with Crippen LogP contribution in [0.15, 0.2) is 12.1 Å². The second-order valence-electron chi connectivity index (χ2n) is 2.74. The van der Waals surface area contributed by atoms with Gasteiger partial charge < -0.3 is 15.3 Å². The molecule has 1 aromatic carbocycles. The number of aromatic hydroxyl groups is 2. The van der Waals surface area contributed by atoms with E-state index in [9.17, 15) is 14.7 Å². The van der Waals surface area contributed by atoms with E-state index in [-0.39, 0.29) is 16.9 Å². The quantitative estimate of drug-likeness (QED) is 0.477. The van der Waals surface area contributed by atoms with Crippen molar-refractivity contribution < 1.29 is 24.9 Å². The number of Topliss-reactive ketones (excluding diaryl/α,β-unsaturated/α-hetero) is 1. The summed E-state index contributed by atoms with van der Waals surface area (Å²) in [7, 11) is 0. The molecule has 5 nitrogen and oxygen atoms in total. The molecule has 0 radical (unpaired) electrons. The Kier molecular flexibility index (Phi) is 2.42. The Balaban J connectivity index is 3.31. The van der Waals surface area contributed by atoms with Gasteiger partial charge in [0.05, 0.1) is 5.56 Å². The van der Waals surface area contributed by atoms with Crippen LogP contribution in [0.5, 0.6) is 11.5 Å². The van der Waals surface area contributed by atoms with Crippen molar-refractivity contribution in [2.45, 2.75) is 6.92 Å². The van der Waals surface area contributed by atoms with Gasteiger partial charge in [-0.2, -0.15) is 0 Å². The van der Waals surface area contributed by atoms with E-state index < -0.39 is 17.5 Å². The van der Waals surface area contributed by atoms with E-state index in [0.717, 1.165) is 12.1 Å². The summed E-state index contributed by atoms with van der Waals surface area (Å²) < 4.78 is 0. The van der Waals surface area contributed by atoms with Gasteiger partial charge in [-0.05, 0) is 19.1 Å². The Morgan fingerprint density at radius 1 is 1.21 bits per heavy atom. The summed E-state index contributed by atoms with van der Waals surface area (Å²) in [5, 5.41) is 26.9. The Bertz CT molecular complexity index is 408. The van der Waals surface area contributed by atoms with E-state index in [0.29, 0.717) is 0 Å². The Labute approximate surface area is 79.2 Å². The van der Waals surface area contributed by atoms with Crippen LogP contribution in [-0.2, 0) is 4.79 Å². The fraction of sp³-hybridized carbons (Fsp3) is 0.111. The monoisotopic (exact) mass is 196 g/mol. The van der Waals surface area contributed by atoms with Crippen LogP contribution in [0.1, 0.15) is 15.9 Å². The molecular weight excluding hydrogens is 188 g/mol. The molecule has 0 fully saturated rings. The number of phenolic OH excluding ortho intramolecular Hbond substituents is 2. The van der Waals surface area contributed by atoms with Crippen LogP contribution < -0.4 is 0 Å². The SMILES string of the molecule is Cc1c(O)ccc(C(=O)C(=O)O)c1O. The minimum atomic E-state index is -1.65. The van der Waals surface area contributed by atoms with Crippen LogP contribution in [0.4, 0.5) is 0 Å². The molecule has 74 valence electrons. The van der Waals surface area contributed by atoms with Crippen molar-refractivity contribution in [1.29, 1.82) is 0 Å². The van der Waals surface area contributed by atoms with Gasteiger partial charge in [-0.15, -0.1) is 0 Å². The van der Waals surface area contributed by atoms with Crippen LogP contribution in [0.3, 0.4) is 0 Å². The molecule has 0 saturated heterocycles. The molecule has 0 aliphatic carbocycles. The first kappa shape index (κ1) is 10.0. The van der Waals surface area contributed by atoms with E-state index in [1.807, 2.05) is 0 Å². The topological polar surface area (TPSA) is 94.8 Å². The minimum Gasteiger partial charge on any atom is -0.508 e. The van der Waals surface area contributed by atoms with E-state index >= 15 is 0 Å². The number of carbonyl (C=O) groups excluding carboxylic acids is 1. The van der Waals surface area contributed by atoms with Crippen molar-refractivity contribution in [2.24, 2.45) is 0 Å². The molecule has 0 atom stereocenters. The summed E-state index contributed by atoms with van der Waals surface area (Å²) in [6.07, 6.45) is 0. The van der Waals surface area contributed by atoms with E-state index in [1.54, 1.807) is 0 Å². The largest absolute Gasteiger partial charge is 0.508 e. The molecule has 1 aromatic rings. The Hall–Kier alpha value is -2.04. The molecule has 0 bridgehead atoms. The van der Waals surface area contributed by atoms with E-state index in [2.05, 4.69) is 0 Å². The van der Waals surface area contributed by atoms with Crippen molar-refractivity contribution in [1.82, 2.24) is 0 Å². The van der Waals surface area contributed by atoms with Gasteiger partial charge in [0.1, 0.15) is 11.5 Å². The number of hydrogen-bond donors (Lipinski definition) is 3. The number of benzene rings is 1. The van der Waals surface area contributed by atoms with Gasteiger partial charge in [0.25, 0.3) is 5.78 Å². The number of rotatable bonds is 2. The molecule has 5 heteroatoms. The van der Waals surface area contributed by atoms with Gasteiger partial charge in [0.15, 0.2) is 0 Å². The van der Waals surface area contributed by atoms with Gasteiger partial charge in [0, 0.05) is 5.56 Å². The fourth-order valence-electron chi connectivity index (χ4n) is 0.988. The highest BCUT2D eigenvalue weighted by Gasteiger charge is 2.20. The molecule has 1 rings (SSSR count). The molecular formula is C9H8O5. The van der Waals surface area contributed by atoms with Crippen LogP contribution >= 0.6 is 0 Å². The molecule has 0 unspecified atom stereocenters. The zero-order valence-corrected chi connectivity index (χ0v) is 7.31. The summed E-state index contributed by atoms with van der Waals surface area (Å²) >= 11 is 0. The Morgan fingerprint density at radius 2 is 1.79 bits per heavy atom. The van der Waals surface area contributed by atoms with Crippen LogP contribution in [0.25, 0.3) is 0 Å². The Morgan fingerprint density at radius 3 is 2.29 bits per heavy atom. The molecule has 0 amide bonds.